The van der Waals surface area contributed by atoms with Crippen LogP contribution in [0.4, 0.5) is 0 Å². The normalized spacial score (nSPS) is 13.0. The van der Waals surface area contributed by atoms with Gasteiger partial charge >= 0.3 is 0 Å². The fraction of sp³-hybridized carbons (Fsp3) is 0.286. The van der Waals surface area contributed by atoms with Gasteiger partial charge in [0.05, 0.1) is 5.70 Å². The summed E-state index contributed by atoms with van der Waals surface area (Å²) in [7, 11) is 0. The smallest absolute Gasteiger partial charge is 0.298 e. The number of hydrogen-bond donors (Lipinski definition) is 1. The van der Waals surface area contributed by atoms with Crippen molar-refractivity contribution < 1.29 is 9.53 Å². The first-order chi connectivity index (χ1) is 4.72. The van der Waals surface area contributed by atoms with E-state index in [0.717, 1.165) is 0 Å². The van der Waals surface area contributed by atoms with Gasteiger partial charge in [-0.3, -0.25) is 4.79 Å². The molecule has 0 radical (unpaired) electrons. The summed E-state index contributed by atoms with van der Waals surface area (Å²) in [6.45, 7) is 3.82. The third-order valence-electron chi connectivity index (χ3n) is 0.978. The third-order valence-corrected chi connectivity index (χ3v) is 0.978. The Morgan fingerprint density at radius 1 is 1.60 bits per heavy atom. The van der Waals surface area contributed by atoms with E-state index in [9.17, 15) is 4.79 Å². The molecule has 3 nitrogen and oxygen atoms in total. The summed E-state index contributed by atoms with van der Waals surface area (Å²) in [5.41, 5.74) is 5.89. The molecule has 0 rings (SSSR count). The van der Waals surface area contributed by atoms with Crippen LogP contribution in [-0.4, -0.2) is 6.47 Å². The first kappa shape index (κ1) is 8.75. The lowest BCUT2D eigenvalue weighted by Crippen LogP contribution is -1.99. The van der Waals surface area contributed by atoms with Gasteiger partial charge in [-0.25, -0.2) is 0 Å². The predicted molar refractivity (Wildman–Crippen MR) is 38.9 cm³/mol. The Kier molecular flexibility index (Phi) is 4.04. The predicted octanol–water partition coefficient (Wildman–Crippen LogP) is 0.926. The molecule has 0 aromatic rings. The van der Waals surface area contributed by atoms with Gasteiger partial charge in [0.2, 0.25) is 0 Å². The number of nitrogens with two attached hydrogens (primary N) is 1. The van der Waals surface area contributed by atoms with E-state index in [1.54, 1.807) is 19.1 Å². The Labute approximate surface area is 60.2 Å². The molecule has 0 spiro atoms. The van der Waals surface area contributed by atoms with E-state index in [1.165, 1.54) is 0 Å². The molecule has 2 N–H and O–H groups in total. The maximum atomic E-state index is 9.79. The summed E-state index contributed by atoms with van der Waals surface area (Å²) in [6, 6.07) is 0. The van der Waals surface area contributed by atoms with Crippen LogP contribution >= 0.6 is 0 Å². The standard InChI is InChI=1S/C7H11NO2/c1-3-4-7(8)6(2)10-5-9/h3-5H,8H2,1-2H3/b4-3-,7-6-. The van der Waals surface area contributed by atoms with Crippen molar-refractivity contribution in [1.29, 1.82) is 0 Å². The molecule has 0 amide bonds. The number of carbonyl (C=O) groups excluding carboxylic acids is 1. The molecular weight excluding hydrogens is 130 g/mol. The molecule has 0 aliphatic carbocycles. The van der Waals surface area contributed by atoms with E-state index in [-0.39, 0.29) is 0 Å². The van der Waals surface area contributed by atoms with Crippen LogP contribution < -0.4 is 5.73 Å². The van der Waals surface area contributed by atoms with Gasteiger partial charge in [0.1, 0.15) is 5.76 Å². The summed E-state index contributed by atoms with van der Waals surface area (Å²) in [5, 5.41) is 0. The average Bonchev–Trinajstić information content (AvgIpc) is 1.89. The van der Waals surface area contributed by atoms with Crippen LogP contribution in [0.5, 0.6) is 0 Å². The number of hydrogen-bond acceptors (Lipinski definition) is 3. The molecular formula is C7H11NO2. The highest BCUT2D eigenvalue weighted by atomic mass is 16.5. The van der Waals surface area contributed by atoms with Crippen LogP contribution in [0.3, 0.4) is 0 Å². The molecule has 3 heteroatoms. The Balaban J connectivity index is 4.17. The van der Waals surface area contributed by atoms with Crippen molar-refractivity contribution in [2.75, 3.05) is 0 Å². The summed E-state index contributed by atoms with van der Waals surface area (Å²) in [6.07, 6.45) is 3.44. The zero-order valence-corrected chi connectivity index (χ0v) is 6.13. The molecule has 0 fully saturated rings. The van der Waals surface area contributed by atoms with Crippen LogP contribution in [0.15, 0.2) is 23.6 Å². The highest BCUT2D eigenvalue weighted by Gasteiger charge is 1.91. The second-order valence-electron chi connectivity index (χ2n) is 1.73. The van der Waals surface area contributed by atoms with Gasteiger partial charge in [-0.05, 0) is 19.9 Å². The minimum atomic E-state index is 0.353. The lowest BCUT2D eigenvalue weighted by Gasteiger charge is -1.98. The van der Waals surface area contributed by atoms with E-state index in [0.29, 0.717) is 17.9 Å². The molecule has 0 aliphatic rings. The van der Waals surface area contributed by atoms with E-state index >= 15 is 0 Å². The quantitative estimate of drug-likeness (QED) is 0.361. The van der Waals surface area contributed by atoms with Gasteiger partial charge < -0.3 is 10.5 Å². The van der Waals surface area contributed by atoms with Gasteiger partial charge in [0.25, 0.3) is 6.47 Å². The highest BCUT2D eigenvalue weighted by molar-refractivity contribution is 5.40. The number of ether oxygens (including phenoxy) is 1. The second kappa shape index (κ2) is 4.61. The number of carbonyl (C=O) groups is 1. The molecule has 0 unspecified atom stereocenters. The molecule has 0 saturated heterocycles. The Bertz CT molecular complexity index is 170. The average molecular weight is 141 g/mol. The van der Waals surface area contributed by atoms with Crippen LogP contribution in [0.25, 0.3) is 0 Å². The van der Waals surface area contributed by atoms with E-state index in [1.807, 2.05) is 6.92 Å². The summed E-state index contributed by atoms with van der Waals surface area (Å²) in [4.78, 5) is 9.79. The minimum absolute atomic E-state index is 0.353. The minimum Gasteiger partial charge on any atom is -0.431 e. The Hall–Kier alpha value is -1.25. The summed E-state index contributed by atoms with van der Waals surface area (Å²) >= 11 is 0. The van der Waals surface area contributed by atoms with Crippen molar-refractivity contribution in [3.05, 3.63) is 23.6 Å². The van der Waals surface area contributed by atoms with Crippen LogP contribution in [-0.2, 0) is 9.53 Å². The second-order valence-corrected chi connectivity index (χ2v) is 1.73. The van der Waals surface area contributed by atoms with E-state index < -0.39 is 0 Å². The molecule has 0 bridgehead atoms. The summed E-state index contributed by atoms with van der Waals surface area (Å²) in [5.74, 6) is 0.424. The number of allylic oxidation sites excluding steroid dienone is 3. The molecule has 10 heavy (non-hydrogen) atoms. The molecule has 0 aromatic carbocycles. The van der Waals surface area contributed by atoms with Crippen molar-refractivity contribution >= 4 is 6.47 Å². The zero-order chi connectivity index (χ0) is 7.98. The van der Waals surface area contributed by atoms with Crippen molar-refractivity contribution in [1.82, 2.24) is 0 Å². The van der Waals surface area contributed by atoms with Crippen molar-refractivity contribution in [3.63, 3.8) is 0 Å². The van der Waals surface area contributed by atoms with Gasteiger partial charge in [0.15, 0.2) is 0 Å². The largest absolute Gasteiger partial charge is 0.431 e. The van der Waals surface area contributed by atoms with Gasteiger partial charge in [-0.1, -0.05) is 6.08 Å². The van der Waals surface area contributed by atoms with Gasteiger partial charge in [-0.15, -0.1) is 0 Å². The fourth-order valence-corrected chi connectivity index (χ4v) is 0.437. The maximum absolute atomic E-state index is 9.79. The van der Waals surface area contributed by atoms with Gasteiger partial charge in [-0.2, -0.15) is 0 Å². The maximum Gasteiger partial charge on any atom is 0.298 e. The molecule has 56 valence electrons. The van der Waals surface area contributed by atoms with Crippen LogP contribution in [0, 0.1) is 0 Å². The lowest BCUT2D eigenvalue weighted by atomic mass is 10.3. The lowest BCUT2D eigenvalue weighted by molar-refractivity contribution is -0.125. The third kappa shape index (κ3) is 2.91. The monoisotopic (exact) mass is 141 g/mol. The number of rotatable bonds is 3. The van der Waals surface area contributed by atoms with Gasteiger partial charge in [0, 0.05) is 0 Å². The molecule has 0 aliphatic heterocycles. The SMILES string of the molecule is C/C=C\C(N)=C(/C)OC=O. The molecule has 0 heterocycles. The molecule has 0 atom stereocenters. The van der Waals surface area contributed by atoms with E-state index in [4.69, 9.17) is 5.73 Å². The Morgan fingerprint density at radius 3 is 2.60 bits per heavy atom. The highest BCUT2D eigenvalue weighted by Crippen LogP contribution is 1.98. The van der Waals surface area contributed by atoms with Crippen LogP contribution in [0.1, 0.15) is 13.8 Å². The zero-order valence-electron chi connectivity index (χ0n) is 6.13. The van der Waals surface area contributed by atoms with E-state index in [2.05, 4.69) is 4.74 Å². The first-order valence-electron chi connectivity index (χ1n) is 2.91. The van der Waals surface area contributed by atoms with Crippen molar-refractivity contribution in [2.45, 2.75) is 13.8 Å². The summed E-state index contributed by atoms with van der Waals surface area (Å²) < 4.78 is 4.48. The Morgan fingerprint density at radius 2 is 2.20 bits per heavy atom. The van der Waals surface area contributed by atoms with Crippen molar-refractivity contribution in [3.8, 4) is 0 Å². The first-order valence-corrected chi connectivity index (χ1v) is 2.91. The fourth-order valence-electron chi connectivity index (χ4n) is 0.437. The van der Waals surface area contributed by atoms with Crippen LogP contribution in [0.2, 0.25) is 0 Å². The molecule has 0 aromatic heterocycles. The topological polar surface area (TPSA) is 52.3 Å². The molecule has 0 saturated carbocycles. The van der Waals surface area contributed by atoms with Crippen molar-refractivity contribution in [2.24, 2.45) is 5.73 Å².